The highest BCUT2D eigenvalue weighted by atomic mass is 15.0. The molecule has 0 amide bonds. The van der Waals surface area contributed by atoms with Crippen LogP contribution >= 0.6 is 0 Å². The molecule has 0 saturated carbocycles. The summed E-state index contributed by atoms with van der Waals surface area (Å²) in [7, 11) is 0. The van der Waals surface area contributed by atoms with E-state index in [1.807, 2.05) is 19.3 Å². The quantitative estimate of drug-likeness (QED) is 0.664. The van der Waals surface area contributed by atoms with E-state index >= 15 is 0 Å². The fourth-order valence-electron chi connectivity index (χ4n) is 1.32. The van der Waals surface area contributed by atoms with Gasteiger partial charge in [-0.05, 0) is 12.8 Å². The van der Waals surface area contributed by atoms with Gasteiger partial charge in [-0.15, -0.1) is 0 Å². The Morgan fingerprint density at radius 2 is 2.00 bits per heavy atom. The first kappa shape index (κ1) is 8.23. The lowest BCUT2D eigenvalue weighted by Crippen LogP contribution is -1.97. The second kappa shape index (κ2) is 2.83. The average molecular weight is 175 g/mol. The van der Waals surface area contributed by atoms with E-state index in [1.165, 1.54) is 0 Å². The molecule has 0 N–H and O–H groups in total. The minimum atomic E-state index is 0.464. The number of fused-ring (bicyclic) bond motifs is 1. The molecule has 0 aliphatic heterocycles. The topological polar surface area (TPSA) is 30.2 Å². The molecule has 2 rings (SSSR count). The first-order chi connectivity index (χ1) is 6.18. The maximum Gasteiger partial charge on any atom is 0.155 e. The molecular weight excluding hydrogens is 162 g/mol. The smallest absolute Gasteiger partial charge is 0.155 e. The van der Waals surface area contributed by atoms with E-state index in [2.05, 4.69) is 34.4 Å². The van der Waals surface area contributed by atoms with Gasteiger partial charge in [0.25, 0.3) is 0 Å². The Balaban J connectivity index is 2.66. The van der Waals surface area contributed by atoms with Crippen molar-refractivity contribution in [1.29, 1.82) is 0 Å². The summed E-state index contributed by atoms with van der Waals surface area (Å²) >= 11 is 0. The molecule has 0 atom stereocenters. The number of hydrogen-bond acceptors (Lipinski definition) is 2. The van der Waals surface area contributed by atoms with Gasteiger partial charge in [-0.2, -0.15) is 0 Å². The van der Waals surface area contributed by atoms with Crippen molar-refractivity contribution in [3.8, 4) is 0 Å². The Bertz CT molecular complexity index is 429. The van der Waals surface area contributed by atoms with Crippen LogP contribution in [0.5, 0.6) is 0 Å². The van der Waals surface area contributed by atoms with Crippen molar-refractivity contribution in [2.75, 3.05) is 0 Å². The van der Waals surface area contributed by atoms with Crippen molar-refractivity contribution in [1.82, 2.24) is 14.4 Å². The Morgan fingerprint density at radius 1 is 1.23 bits per heavy atom. The van der Waals surface area contributed by atoms with Crippen LogP contribution in [0.2, 0.25) is 0 Å². The summed E-state index contributed by atoms with van der Waals surface area (Å²) in [4.78, 5) is 8.56. The van der Waals surface area contributed by atoms with Gasteiger partial charge in [0.1, 0.15) is 0 Å². The Hall–Kier alpha value is -1.38. The van der Waals surface area contributed by atoms with E-state index < -0.39 is 0 Å². The third-order valence-electron chi connectivity index (χ3n) is 2.19. The van der Waals surface area contributed by atoms with E-state index in [4.69, 9.17) is 0 Å². The van der Waals surface area contributed by atoms with Crippen LogP contribution in [0.4, 0.5) is 0 Å². The molecule has 2 aromatic rings. The molecule has 0 aliphatic carbocycles. The highest BCUT2D eigenvalue weighted by molar-refractivity contribution is 5.37. The van der Waals surface area contributed by atoms with Gasteiger partial charge in [-0.25, -0.2) is 4.98 Å². The lowest BCUT2D eigenvalue weighted by molar-refractivity contribution is 0.805. The third-order valence-corrected chi connectivity index (χ3v) is 2.19. The van der Waals surface area contributed by atoms with Gasteiger partial charge in [0.05, 0.1) is 11.9 Å². The van der Waals surface area contributed by atoms with Crippen molar-refractivity contribution >= 4 is 5.65 Å². The van der Waals surface area contributed by atoms with E-state index in [0.29, 0.717) is 5.92 Å². The van der Waals surface area contributed by atoms with Crippen LogP contribution in [0.25, 0.3) is 5.65 Å². The normalized spacial score (nSPS) is 11.4. The molecule has 68 valence electrons. The summed E-state index contributed by atoms with van der Waals surface area (Å²) in [6.07, 6.45) is 5.74. The molecule has 3 heteroatoms. The second-order valence-corrected chi connectivity index (χ2v) is 3.59. The predicted octanol–water partition coefficient (Wildman–Crippen LogP) is 2.16. The maximum absolute atomic E-state index is 4.34. The molecule has 0 saturated heterocycles. The third kappa shape index (κ3) is 1.30. The van der Waals surface area contributed by atoms with Gasteiger partial charge >= 0.3 is 0 Å². The summed E-state index contributed by atoms with van der Waals surface area (Å²) in [6.45, 7) is 6.32. The van der Waals surface area contributed by atoms with Crippen LogP contribution in [0.3, 0.4) is 0 Å². The van der Waals surface area contributed by atoms with E-state index in [9.17, 15) is 0 Å². The summed E-state index contributed by atoms with van der Waals surface area (Å²) in [5.74, 6) is 0.464. The number of hydrogen-bond donors (Lipinski definition) is 0. The van der Waals surface area contributed by atoms with Crippen molar-refractivity contribution in [3.63, 3.8) is 0 Å². The molecule has 0 bridgehead atoms. The summed E-state index contributed by atoms with van der Waals surface area (Å²) < 4.78 is 2.07. The van der Waals surface area contributed by atoms with Crippen molar-refractivity contribution in [2.45, 2.75) is 26.7 Å². The lowest BCUT2D eigenvalue weighted by atomic mass is 10.1. The Labute approximate surface area is 77.4 Å². The highest BCUT2D eigenvalue weighted by Crippen LogP contribution is 2.12. The average Bonchev–Trinajstić information content (AvgIpc) is 2.47. The predicted molar refractivity (Wildman–Crippen MR) is 51.8 cm³/mol. The summed E-state index contributed by atoms with van der Waals surface area (Å²) in [5.41, 5.74) is 3.18. The molecule has 0 aromatic carbocycles. The molecule has 0 radical (unpaired) electrons. The first-order valence-electron chi connectivity index (χ1n) is 4.48. The lowest BCUT2D eigenvalue weighted by Gasteiger charge is -2.04. The van der Waals surface area contributed by atoms with E-state index in [-0.39, 0.29) is 0 Å². The van der Waals surface area contributed by atoms with Crippen molar-refractivity contribution in [3.05, 3.63) is 30.0 Å². The van der Waals surface area contributed by atoms with Gasteiger partial charge in [-0.3, -0.25) is 4.98 Å². The zero-order valence-electron chi connectivity index (χ0n) is 8.15. The van der Waals surface area contributed by atoms with Crippen LogP contribution in [0, 0.1) is 6.92 Å². The number of nitrogens with zero attached hydrogens (tertiary/aromatic N) is 3. The molecule has 2 heterocycles. The summed E-state index contributed by atoms with van der Waals surface area (Å²) in [6, 6.07) is 0. The minimum Gasteiger partial charge on any atom is -0.301 e. The molecular formula is C10H13N3. The largest absolute Gasteiger partial charge is 0.301 e. The zero-order valence-corrected chi connectivity index (χ0v) is 8.15. The van der Waals surface area contributed by atoms with Crippen molar-refractivity contribution in [2.24, 2.45) is 0 Å². The molecule has 13 heavy (non-hydrogen) atoms. The van der Waals surface area contributed by atoms with Crippen LogP contribution in [-0.2, 0) is 0 Å². The van der Waals surface area contributed by atoms with Crippen LogP contribution in [0.1, 0.15) is 31.2 Å². The van der Waals surface area contributed by atoms with Gasteiger partial charge < -0.3 is 4.40 Å². The number of aromatic nitrogens is 3. The van der Waals surface area contributed by atoms with E-state index in [1.54, 1.807) is 0 Å². The standard InChI is InChI=1S/C10H13N3/c1-7(2)9-6-13-8(3)4-12-10(13)5-11-9/h4-7H,1-3H3. The molecule has 0 fully saturated rings. The highest BCUT2D eigenvalue weighted by Gasteiger charge is 2.03. The molecule has 0 unspecified atom stereocenters. The van der Waals surface area contributed by atoms with Crippen LogP contribution in [0.15, 0.2) is 18.6 Å². The Kier molecular flexibility index (Phi) is 1.79. The zero-order chi connectivity index (χ0) is 9.42. The van der Waals surface area contributed by atoms with Gasteiger partial charge in [0, 0.05) is 18.1 Å². The Morgan fingerprint density at radius 3 is 2.69 bits per heavy atom. The first-order valence-corrected chi connectivity index (χ1v) is 4.48. The van der Waals surface area contributed by atoms with Gasteiger partial charge in [0.2, 0.25) is 0 Å². The molecule has 0 spiro atoms. The molecule has 2 aromatic heterocycles. The number of aryl methyl sites for hydroxylation is 1. The maximum atomic E-state index is 4.34. The fourth-order valence-corrected chi connectivity index (χ4v) is 1.32. The SMILES string of the molecule is Cc1cnc2cnc(C(C)C)cn12. The molecule has 3 nitrogen and oxygen atoms in total. The minimum absolute atomic E-state index is 0.464. The van der Waals surface area contributed by atoms with Crippen LogP contribution in [-0.4, -0.2) is 14.4 Å². The molecule has 0 aliphatic rings. The van der Waals surface area contributed by atoms with E-state index in [0.717, 1.165) is 17.0 Å². The van der Waals surface area contributed by atoms with Gasteiger partial charge in [0.15, 0.2) is 5.65 Å². The monoisotopic (exact) mass is 175 g/mol. The summed E-state index contributed by atoms with van der Waals surface area (Å²) in [5, 5.41) is 0. The number of rotatable bonds is 1. The number of imidazole rings is 1. The fraction of sp³-hybridized carbons (Fsp3) is 0.400. The second-order valence-electron chi connectivity index (χ2n) is 3.59. The van der Waals surface area contributed by atoms with Gasteiger partial charge in [-0.1, -0.05) is 13.8 Å². The van der Waals surface area contributed by atoms with Crippen molar-refractivity contribution < 1.29 is 0 Å². The van der Waals surface area contributed by atoms with Crippen LogP contribution < -0.4 is 0 Å².